The molecular weight excluding hydrogens is 399 g/mol. The van der Waals surface area contributed by atoms with Crippen molar-refractivity contribution >= 4 is 39.0 Å². The maximum atomic E-state index is 13.6. The number of carboxylic acid groups (broad SMARTS) is 1. The first kappa shape index (κ1) is 18.7. The molecule has 4 rings (SSSR count). The smallest absolute Gasteiger partial charge is 0.339 e. The summed E-state index contributed by atoms with van der Waals surface area (Å²) in [6.45, 7) is 3.45. The molecule has 0 saturated heterocycles. The van der Waals surface area contributed by atoms with Gasteiger partial charge in [0.05, 0.1) is 21.8 Å². The van der Waals surface area contributed by atoms with Crippen LogP contribution < -0.4 is 0 Å². The van der Waals surface area contributed by atoms with Gasteiger partial charge in [-0.2, -0.15) is 5.10 Å². The third-order valence-corrected chi connectivity index (χ3v) is 6.00. The lowest BCUT2D eigenvalue weighted by Gasteiger charge is -2.06. The number of benzene rings is 2. The zero-order valence-corrected chi connectivity index (χ0v) is 16.7. The zero-order chi connectivity index (χ0) is 20.0. The van der Waals surface area contributed by atoms with Gasteiger partial charge in [-0.15, -0.1) is 11.3 Å². The second kappa shape index (κ2) is 7.04. The monoisotopic (exact) mass is 414 g/mol. The summed E-state index contributed by atoms with van der Waals surface area (Å²) in [6, 6.07) is 12.4. The highest BCUT2D eigenvalue weighted by Crippen LogP contribution is 2.33. The van der Waals surface area contributed by atoms with Crippen LogP contribution in [0.4, 0.5) is 4.39 Å². The quantitative estimate of drug-likeness (QED) is 0.460. The summed E-state index contributed by atoms with van der Waals surface area (Å²) in [5, 5.41) is 15.3. The molecule has 1 N–H and O–H groups in total. The topological polar surface area (TPSA) is 55.1 Å². The second-order valence-corrected chi connectivity index (χ2v) is 8.20. The third-order valence-electron chi connectivity index (χ3n) is 4.61. The van der Waals surface area contributed by atoms with Gasteiger partial charge in [0.25, 0.3) is 0 Å². The van der Waals surface area contributed by atoms with Gasteiger partial charge in [-0.1, -0.05) is 23.7 Å². The lowest BCUT2D eigenvalue weighted by Crippen LogP contribution is -2.02. The highest BCUT2D eigenvalue weighted by molar-refractivity contribution is 7.19. The lowest BCUT2D eigenvalue weighted by molar-refractivity contribution is 0.0695. The summed E-state index contributed by atoms with van der Waals surface area (Å²) in [4.78, 5) is 12.6. The first-order valence-corrected chi connectivity index (χ1v) is 9.79. The van der Waals surface area contributed by atoms with E-state index in [4.69, 9.17) is 11.6 Å². The minimum atomic E-state index is -0.983. The highest BCUT2D eigenvalue weighted by Gasteiger charge is 2.20. The van der Waals surface area contributed by atoms with Gasteiger partial charge in [0, 0.05) is 16.3 Å². The van der Waals surface area contributed by atoms with E-state index in [1.54, 1.807) is 35.9 Å². The van der Waals surface area contributed by atoms with Crippen LogP contribution in [-0.4, -0.2) is 20.9 Å². The maximum Gasteiger partial charge on any atom is 0.339 e. The number of carboxylic acids is 1. The number of carbonyl (C=O) groups is 1. The summed E-state index contributed by atoms with van der Waals surface area (Å²) in [5.74, 6) is -1.34. The van der Waals surface area contributed by atoms with Gasteiger partial charge in [0.2, 0.25) is 0 Å². The minimum absolute atomic E-state index is 0.225. The van der Waals surface area contributed by atoms with E-state index in [0.29, 0.717) is 22.8 Å². The Hall–Kier alpha value is -2.70. The predicted octanol–water partition coefficient (Wildman–Crippen LogP) is 5.79. The number of thiophene rings is 1. The van der Waals surface area contributed by atoms with Crippen molar-refractivity contribution in [3.05, 3.63) is 80.7 Å². The number of aromatic nitrogens is 2. The molecule has 0 saturated carbocycles. The van der Waals surface area contributed by atoms with Gasteiger partial charge in [-0.25, -0.2) is 13.9 Å². The van der Waals surface area contributed by atoms with E-state index in [9.17, 15) is 14.3 Å². The zero-order valence-electron chi connectivity index (χ0n) is 15.2. The van der Waals surface area contributed by atoms with Crippen LogP contribution in [0.15, 0.2) is 42.5 Å². The Balaban J connectivity index is 1.80. The van der Waals surface area contributed by atoms with Crippen molar-refractivity contribution in [3.8, 4) is 5.69 Å². The SMILES string of the molecule is Cc1nn(-c2cccc3cc(Cc4cc(F)cc(Cl)c4)sc23)c(C)c1C(=O)O. The van der Waals surface area contributed by atoms with Crippen molar-refractivity contribution in [2.45, 2.75) is 20.3 Å². The molecule has 4 nitrogen and oxygen atoms in total. The molecule has 0 unspecified atom stereocenters. The molecule has 0 aliphatic carbocycles. The molecule has 0 atom stereocenters. The number of aromatic carboxylic acids is 1. The normalized spacial score (nSPS) is 11.3. The van der Waals surface area contributed by atoms with Crippen LogP contribution in [-0.2, 0) is 6.42 Å². The molecule has 0 amide bonds. The Morgan fingerprint density at radius 2 is 2.04 bits per heavy atom. The van der Waals surface area contributed by atoms with Gasteiger partial charge in [0.15, 0.2) is 0 Å². The van der Waals surface area contributed by atoms with Crippen LogP contribution >= 0.6 is 22.9 Å². The number of hydrogen-bond donors (Lipinski definition) is 1. The van der Waals surface area contributed by atoms with Crippen LogP contribution in [0, 0.1) is 19.7 Å². The number of fused-ring (bicyclic) bond motifs is 1. The molecule has 0 fully saturated rings. The molecule has 0 aliphatic rings. The molecule has 2 aromatic heterocycles. The van der Waals surface area contributed by atoms with Crippen LogP contribution in [0.3, 0.4) is 0 Å². The number of rotatable bonds is 4. The molecule has 28 heavy (non-hydrogen) atoms. The molecule has 7 heteroatoms. The molecule has 4 aromatic rings. The van der Waals surface area contributed by atoms with Crippen LogP contribution in [0.2, 0.25) is 5.02 Å². The van der Waals surface area contributed by atoms with Crippen molar-refractivity contribution in [3.63, 3.8) is 0 Å². The van der Waals surface area contributed by atoms with Gasteiger partial charge in [-0.05, 0) is 55.1 Å². The molecule has 0 radical (unpaired) electrons. The lowest BCUT2D eigenvalue weighted by atomic mass is 10.1. The average Bonchev–Trinajstić information content (AvgIpc) is 3.13. The van der Waals surface area contributed by atoms with Gasteiger partial charge in [-0.3, -0.25) is 0 Å². The van der Waals surface area contributed by atoms with Crippen LogP contribution in [0.1, 0.15) is 32.2 Å². The highest BCUT2D eigenvalue weighted by atomic mass is 35.5. The van der Waals surface area contributed by atoms with E-state index in [1.807, 2.05) is 18.2 Å². The van der Waals surface area contributed by atoms with Gasteiger partial charge >= 0.3 is 5.97 Å². The Bertz CT molecular complexity index is 1210. The Kier molecular flexibility index (Phi) is 4.69. The van der Waals surface area contributed by atoms with E-state index in [1.165, 1.54) is 12.1 Å². The van der Waals surface area contributed by atoms with E-state index < -0.39 is 5.97 Å². The third kappa shape index (κ3) is 3.30. The first-order valence-electron chi connectivity index (χ1n) is 8.60. The van der Waals surface area contributed by atoms with Crippen molar-refractivity contribution in [1.29, 1.82) is 0 Å². The fourth-order valence-electron chi connectivity index (χ4n) is 3.46. The van der Waals surface area contributed by atoms with Crippen molar-refractivity contribution in [2.75, 3.05) is 0 Å². The number of halogens is 2. The molecule has 2 aromatic carbocycles. The van der Waals surface area contributed by atoms with Crippen LogP contribution in [0.5, 0.6) is 0 Å². The summed E-state index contributed by atoms with van der Waals surface area (Å²) < 4.78 is 16.3. The number of hydrogen-bond acceptors (Lipinski definition) is 3. The molecule has 0 aliphatic heterocycles. The Morgan fingerprint density at radius 3 is 2.71 bits per heavy atom. The number of aryl methyl sites for hydroxylation is 1. The molecule has 0 bridgehead atoms. The average molecular weight is 415 g/mol. The van der Waals surface area contributed by atoms with Crippen molar-refractivity contribution < 1.29 is 14.3 Å². The number of nitrogens with zero attached hydrogens (tertiary/aromatic N) is 2. The van der Waals surface area contributed by atoms with Gasteiger partial charge in [0.1, 0.15) is 11.4 Å². The fourth-order valence-corrected chi connectivity index (χ4v) is 4.89. The van der Waals surface area contributed by atoms with E-state index in [2.05, 4.69) is 11.2 Å². The summed E-state index contributed by atoms with van der Waals surface area (Å²) in [7, 11) is 0. The van der Waals surface area contributed by atoms with Crippen molar-refractivity contribution in [1.82, 2.24) is 9.78 Å². The summed E-state index contributed by atoms with van der Waals surface area (Å²) >= 11 is 7.55. The summed E-state index contributed by atoms with van der Waals surface area (Å²) in [5.41, 5.74) is 2.93. The largest absolute Gasteiger partial charge is 0.478 e. The predicted molar refractivity (Wildman–Crippen MR) is 110 cm³/mol. The van der Waals surface area contributed by atoms with E-state index >= 15 is 0 Å². The summed E-state index contributed by atoms with van der Waals surface area (Å²) in [6.07, 6.45) is 0.563. The van der Waals surface area contributed by atoms with E-state index in [-0.39, 0.29) is 11.4 Å². The molecule has 2 heterocycles. The fraction of sp³-hybridized carbons (Fsp3) is 0.143. The molecule has 0 spiro atoms. The Morgan fingerprint density at radius 1 is 1.25 bits per heavy atom. The molecular formula is C21H16ClFN2O2S. The Labute approximate surface area is 169 Å². The minimum Gasteiger partial charge on any atom is -0.478 e. The standard InChI is InChI=1S/C21H16ClFN2O2S/c1-11-19(21(26)27)12(2)25(24-11)18-5-3-4-14-9-17(28-20(14)18)8-13-6-15(22)10-16(23)7-13/h3-7,9-10H,8H2,1-2H3,(H,26,27). The second-order valence-electron chi connectivity index (χ2n) is 6.63. The first-order chi connectivity index (χ1) is 13.3. The molecule has 142 valence electrons. The van der Waals surface area contributed by atoms with E-state index in [0.717, 1.165) is 26.2 Å². The maximum absolute atomic E-state index is 13.6. The van der Waals surface area contributed by atoms with Crippen LogP contribution in [0.25, 0.3) is 15.8 Å². The van der Waals surface area contributed by atoms with Crippen molar-refractivity contribution in [2.24, 2.45) is 0 Å². The van der Waals surface area contributed by atoms with Gasteiger partial charge < -0.3 is 5.11 Å².